The van der Waals surface area contributed by atoms with E-state index in [1.54, 1.807) is 0 Å². The molecule has 15 aromatic carbocycles. The molecule has 0 saturated heterocycles. The molecule has 0 saturated carbocycles. The molecule has 2 nitrogen and oxygen atoms in total. The van der Waals surface area contributed by atoms with Crippen molar-refractivity contribution in [2.75, 3.05) is 9.80 Å². The Hall–Kier alpha value is -10.5. The van der Waals surface area contributed by atoms with Crippen LogP contribution in [0.15, 0.2) is 279 Å². The van der Waals surface area contributed by atoms with E-state index < -0.39 is 0 Å². The van der Waals surface area contributed by atoms with Crippen molar-refractivity contribution in [2.45, 2.75) is 57.8 Å². The molecule has 3 aliphatic carbocycles. The van der Waals surface area contributed by atoms with E-state index >= 15 is 0 Å². The normalized spacial score (nSPS) is 14.4. The van der Waals surface area contributed by atoms with E-state index in [-0.39, 0.29) is 16.2 Å². The van der Waals surface area contributed by atoms with Crippen molar-refractivity contribution < 1.29 is 0 Å². The molecule has 0 bridgehead atoms. The molecule has 18 rings (SSSR count). The van der Waals surface area contributed by atoms with Crippen LogP contribution in [0.1, 0.15) is 74.9 Å². The molecule has 0 fully saturated rings. The first-order valence-corrected chi connectivity index (χ1v) is 31.6. The predicted octanol–water partition coefficient (Wildman–Crippen LogP) is 24.1. The molecule has 0 aromatic heterocycles. The number of hydrogen-bond donors (Lipinski definition) is 0. The smallest absolute Gasteiger partial charge is 0.0468 e. The van der Waals surface area contributed by atoms with Crippen molar-refractivity contribution in [1.29, 1.82) is 0 Å². The first-order valence-electron chi connectivity index (χ1n) is 31.6. The molecular weight excluding hydrogens is 1070 g/mol. The fraction of sp³-hybridized carbons (Fsp3) is 0.103. The lowest BCUT2D eigenvalue weighted by Crippen LogP contribution is -2.25. The van der Waals surface area contributed by atoms with Gasteiger partial charge in [-0.25, -0.2) is 0 Å². The molecule has 0 amide bonds. The van der Waals surface area contributed by atoms with Gasteiger partial charge in [-0.15, -0.1) is 0 Å². The van der Waals surface area contributed by atoms with Crippen LogP contribution >= 0.6 is 0 Å². The third-order valence-electron chi connectivity index (χ3n) is 20.9. The van der Waals surface area contributed by atoms with Gasteiger partial charge in [0.15, 0.2) is 0 Å². The maximum Gasteiger partial charge on any atom is 0.0468 e. The molecule has 2 heteroatoms. The minimum atomic E-state index is -0.386. The third kappa shape index (κ3) is 7.44. The highest BCUT2D eigenvalue weighted by Gasteiger charge is 2.40. The average Bonchev–Trinajstić information content (AvgIpc) is 1.44. The van der Waals surface area contributed by atoms with Crippen LogP contribution in [0.3, 0.4) is 0 Å². The monoisotopic (exact) mass is 1140 g/mol. The standard InChI is InChI=1S/C87H64N2/c1-85(2)76-28-16-14-25-68(76)70-43-37-61(50-79(70)85)88(58-35-41-66-56(47-58)33-31-53-19-10-12-23-64(53)66)60-39-45-73-75(49-60)72-27-18-30-78-83(72)84(82(73)55-21-8-7-9-22-55)74-46-40-63(52-81(74)87(78,5)6)89(59-36-42-67-57(48-59)34-32-54-20-11-13-24-65(54)67)62-38-44-71-69-26-15-17-29-77(69)86(3,4)80(71)51-62/h7-52H,1-6H3. The van der Waals surface area contributed by atoms with Crippen molar-refractivity contribution in [1.82, 2.24) is 0 Å². The van der Waals surface area contributed by atoms with Crippen LogP contribution in [-0.4, -0.2) is 0 Å². The summed E-state index contributed by atoms with van der Waals surface area (Å²) in [5.41, 5.74) is 24.5. The van der Waals surface area contributed by atoms with Gasteiger partial charge in [-0.2, -0.15) is 0 Å². The molecule has 0 unspecified atom stereocenters. The summed E-state index contributed by atoms with van der Waals surface area (Å²) in [4.78, 5) is 5.03. The molecule has 89 heavy (non-hydrogen) atoms. The molecule has 3 aliphatic rings. The van der Waals surface area contributed by atoms with Crippen LogP contribution in [0, 0.1) is 0 Å². The predicted molar refractivity (Wildman–Crippen MR) is 379 cm³/mol. The van der Waals surface area contributed by atoms with Gasteiger partial charge < -0.3 is 9.80 Å². The topological polar surface area (TPSA) is 6.48 Å². The molecule has 0 spiro atoms. The highest BCUT2D eigenvalue weighted by atomic mass is 15.1. The molecule has 0 radical (unpaired) electrons. The molecule has 422 valence electrons. The summed E-state index contributed by atoms with van der Waals surface area (Å²) in [5.74, 6) is 0. The largest absolute Gasteiger partial charge is 0.310 e. The Morgan fingerprint density at radius 3 is 1.13 bits per heavy atom. The summed E-state index contributed by atoms with van der Waals surface area (Å²) in [6, 6.07) is 106. The first kappa shape index (κ1) is 51.7. The number of anilines is 6. The zero-order chi connectivity index (χ0) is 59.7. The molecule has 0 N–H and O–H groups in total. The Labute approximate surface area is 520 Å². The third-order valence-corrected chi connectivity index (χ3v) is 20.9. The molecule has 0 atom stereocenters. The van der Waals surface area contributed by atoms with Crippen molar-refractivity contribution >= 4 is 98.8 Å². The van der Waals surface area contributed by atoms with Gasteiger partial charge in [0.25, 0.3) is 0 Å². The second-order valence-corrected chi connectivity index (χ2v) is 26.8. The SMILES string of the molecule is CC1(C)c2ccccc2-c2ccc(N(c3ccc4c(c3)C(C)(C)c3cccc5c3c-4c(-c3ccccc3)c3ccc(N(c4ccc6c(c4)C(C)(C)c4ccccc4-6)c4ccc6c(ccc7ccccc76)c4)cc35)c3ccc4c(ccc5ccccc54)c3)cc21. The van der Waals surface area contributed by atoms with Crippen LogP contribution < -0.4 is 9.80 Å². The van der Waals surface area contributed by atoms with E-state index in [0.717, 1.165) is 34.1 Å². The van der Waals surface area contributed by atoms with Gasteiger partial charge in [0.05, 0.1) is 0 Å². The number of benzene rings is 15. The summed E-state index contributed by atoms with van der Waals surface area (Å²) in [7, 11) is 0. The molecule has 15 aromatic rings. The van der Waals surface area contributed by atoms with E-state index in [4.69, 9.17) is 0 Å². The Bertz CT molecular complexity index is 5550. The van der Waals surface area contributed by atoms with Gasteiger partial charge >= 0.3 is 0 Å². The van der Waals surface area contributed by atoms with Crippen LogP contribution in [-0.2, 0) is 16.2 Å². The van der Waals surface area contributed by atoms with E-state index in [0.29, 0.717) is 0 Å². The summed E-state index contributed by atoms with van der Waals surface area (Å²) >= 11 is 0. The lowest BCUT2D eigenvalue weighted by molar-refractivity contribution is 0.645. The quantitative estimate of drug-likeness (QED) is 0.147. The minimum Gasteiger partial charge on any atom is -0.310 e. The Morgan fingerprint density at radius 1 is 0.213 bits per heavy atom. The van der Waals surface area contributed by atoms with Gasteiger partial charge in [-0.1, -0.05) is 248 Å². The first-order chi connectivity index (χ1) is 43.4. The maximum atomic E-state index is 2.53. The maximum absolute atomic E-state index is 2.53. The number of fused-ring (bicyclic) bond motifs is 16. The Balaban J connectivity index is 0.851. The van der Waals surface area contributed by atoms with Crippen molar-refractivity contribution in [2.24, 2.45) is 0 Å². The number of rotatable bonds is 7. The van der Waals surface area contributed by atoms with Gasteiger partial charge in [-0.3, -0.25) is 0 Å². The molecule has 0 aliphatic heterocycles. The van der Waals surface area contributed by atoms with Gasteiger partial charge in [-0.05, 0) is 215 Å². The highest BCUT2D eigenvalue weighted by molar-refractivity contribution is 6.25. The van der Waals surface area contributed by atoms with Gasteiger partial charge in [0.1, 0.15) is 0 Å². The lowest BCUT2D eigenvalue weighted by Gasteiger charge is -2.38. The second-order valence-electron chi connectivity index (χ2n) is 26.8. The van der Waals surface area contributed by atoms with E-state index in [1.807, 2.05) is 0 Å². The van der Waals surface area contributed by atoms with E-state index in [2.05, 4.69) is 330 Å². The summed E-state index contributed by atoms with van der Waals surface area (Å²) < 4.78 is 0. The number of hydrogen-bond acceptors (Lipinski definition) is 2. The second kappa shape index (κ2) is 18.7. The zero-order valence-electron chi connectivity index (χ0n) is 51.0. The molecular formula is C87H64N2. The lowest BCUT2D eigenvalue weighted by atomic mass is 9.66. The summed E-state index contributed by atoms with van der Waals surface area (Å²) in [6.07, 6.45) is 0. The summed E-state index contributed by atoms with van der Waals surface area (Å²) in [5, 5.41) is 15.1. The summed E-state index contributed by atoms with van der Waals surface area (Å²) in [6.45, 7) is 14.4. The van der Waals surface area contributed by atoms with Crippen molar-refractivity contribution in [3.05, 3.63) is 312 Å². The van der Waals surface area contributed by atoms with E-state index in [1.165, 1.54) is 143 Å². The van der Waals surface area contributed by atoms with E-state index in [9.17, 15) is 0 Å². The Kier molecular flexibility index (Phi) is 10.9. The zero-order valence-corrected chi connectivity index (χ0v) is 51.0. The molecule has 0 heterocycles. The average molecular weight is 1140 g/mol. The fourth-order valence-corrected chi connectivity index (χ4v) is 16.5. The van der Waals surface area contributed by atoms with Crippen LogP contribution in [0.2, 0.25) is 0 Å². The van der Waals surface area contributed by atoms with Crippen molar-refractivity contribution in [3.8, 4) is 44.5 Å². The minimum absolute atomic E-state index is 0.163. The van der Waals surface area contributed by atoms with Gasteiger partial charge in [0, 0.05) is 50.4 Å². The van der Waals surface area contributed by atoms with Crippen LogP contribution in [0.5, 0.6) is 0 Å². The number of nitrogens with zero attached hydrogens (tertiary/aromatic N) is 2. The fourth-order valence-electron chi connectivity index (χ4n) is 16.5. The van der Waals surface area contributed by atoms with Crippen LogP contribution in [0.25, 0.3) is 109 Å². The highest BCUT2D eigenvalue weighted by Crippen LogP contribution is 2.58. The van der Waals surface area contributed by atoms with Gasteiger partial charge in [0.2, 0.25) is 0 Å². The van der Waals surface area contributed by atoms with Crippen LogP contribution in [0.4, 0.5) is 34.1 Å². The Morgan fingerprint density at radius 2 is 0.584 bits per heavy atom. The van der Waals surface area contributed by atoms with Crippen molar-refractivity contribution in [3.63, 3.8) is 0 Å².